The van der Waals surface area contributed by atoms with Gasteiger partial charge in [0.05, 0.1) is 5.69 Å². The molecule has 0 radical (unpaired) electrons. The summed E-state index contributed by atoms with van der Waals surface area (Å²) < 4.78 is 40.1. The van der Waals surface area contributed by atoms with Gasteiger partial charge in [-0.2, -0.15) is 0 Å². The van der Waals surface area contributed by atoms with Crippen molar-refractivity contribution >= 4 is 27.0 Å². The van der Waals surface area contributed by atoms with Crippen LogP contribution in [0.4, 0.5) is 10.1 Å². The lowest BCUT2D eigenvalue weighted by Gasteiger charge is -2.08. The molecule has 0 saturated carbocycles. The van der Waals surface area contributed by atoms with Gasteiger partial charge in [0.15, 0.2) is 0 Å². The number of nitrogens with two attached hydrogens (primary N) is 1. The molecule has 1 aliphatic carbocycles. The summed E-state index contributed by atoms with van der Waals surface area (Å²) in [6, 6.07) is 5.37. The number of hydrogen-bond acceptors (Lipinski definition) is 4. The summed E-state index contributed by atoms with van der Waals surface area (Å²) in [5.41, 5.74) is 6.98. The molecule has 2 aromatic rings. The van der Waals surface area contributed by atoms with Crippen LogP contribution >= 0.6 is 11.3 Å². The maximum Gasteiger partial charge on any atom is 0.243 e. The third-order valence-electron chi connectivity index (χ3n) is 3.50. The van der Waals surface area contributed by atoms with E-state index in [0.29, 0.717) is 0 Å². The molecule has 0 saturated heterocycles. The zero-order chi connectivity index (χ0) is 15.0. The maximum absolute atomic E-state index is 13.2. The summed E-state index contributed by atoms with van der Waals surface area (Å²) in [7, 11) is -3.81. The van der Waals surface area contributed by atoms with Crippen LogP contribution in [0.15, 0.2) is 29.2 Å². The molecule has 0 bridgehead atoms. The molecule has 0 unspecified atom stereocenters. The second kappa shape index (κ2) is 5.40. The standard InChI is InChI=1S/C14H15FN2O2S2/c15-10-4-5-12(16)14(7-10)21(18,19)17-8-11-6-9-2-1-3-13(9)20-11/h4-7,17H,1-3,8,16H2. The zero-order valence-corrected chi connectivity index (χ0v) is 12.9. The SMILES string of the molecule is Nc1ccc(F)cc1S(=O)(=O)NCc1cc2c(s1)CCC2. The van der Waals surface area contributed by atoms with E-state index < -0.39 is 15.8 Å². The van der Waals surface area contributed by atoms with Crippen molar-refractivity contribution in [1.29, 1.82) is 0 Å². The molecule has 1 aromatic heterocycles. The first-order valence-electron chi connectivity index (χ1n) is 6.61. The van der Waals surface area contributed by atoms with Gasteiger partial charge in [-0.15, -0.1) is 11.3 Å². The molecule has 1 heterocycles. The molecule has 0 atom stereocenters. The van der Waals surface area contributed by atoms with Crippen molar-refractivity contribution in [2.75, 3.05) is 5.73 Å². The quantitative estimate of drug-likeness (QED) is 0.848. The molecule has 112 valence electrons. The van der Waals surface area contributed by atoms with E-state index >= 15 is 0 Å². The molecule has 1 aliphatic rings. The molecule has 3 N–H and O–H groups in total. The second-order valence-electron chi connectivity index (χ2n) is 5.02. The molecule has 21 heavy (non-hydrogen) atoms. The van der Waals surface area contributed by atoms with Crippen LogP contribution in [0, 0.1) is 5.82 Å². The van der Waals surface area contributed by atoms with Gasteiger partial charge >= 0.3 is 0 Å². The van der Waals surface area contributed by atoms with Gasteiger partial charge in [-0.1, -0.05) is 0 Å². The smallest absolute Gasteiger partial charge is 0.243 e. The largest absolute Gasteiger partial charge is 0.398 e. The van der Waals surface area contributed by atoms with Crippen molar-refractivity contribution in [3.63, 3.8) is 0 Å². The minimum absolute atomic E-state index is 0.0394. The summed E-state index contributed by atoms with van der Waals surface area (Å²) >= 11 is 1.63. The van der Waals surface area contributed by atoms with Crippen molar-refractivity contribution < 1.29 is 12.8 Å². The Morgan fingerprint density at radius 3 is 2.86 bits per heavy atom. The van der Waals surface area contributed by atoms with Crippen molar-refractivity contribution in [3.8, 4) is 0 Å². The lowest BCUT2D eigenvalue weighted by atomic mass is 10.2. The van der Waals surface area contributed by atoms with E-state index in [2.05, 4.69) is 4.72 Å². The Morgan fingerprint density at radius 2 is 2.10 bits per heavy atom. The summed E-state index contributed by atoms with van der Waals surface area (Å²) in [6.07, 6.45) is 3.31. The molecule has 0 spiro atoms. The number of benzene rings is 1. The van der Waals surface area contributed by atoms with Gasteiger partial charge in [0.1, 0.15) is 10.7 Å². The minimum atomic E-state index is -3.81. The monoisotopic (exact) mass is 326 g/mol. The number of nitrogen functional groups attached to an aromatic ring is 1. The summed E-state index contributed by atoms with van der Waals surface area (Å²) in [4.78, 5) is 2.10. The highest BCUT2D eigenvalue weighted by Crippen LogP contribution is 2.30. The van der Waals surface area contributed by atoms with E-state index in [0.717, 1.165) is 29.9 Å². The first-order chi connectivity index (χ1) is 9.95. The molecule has 3 rings (SSSR count). The number of rotatable bonds is 4. The van der Waals surface area contributed by atoms with Crippen LogP contribution in [0.5, 0.6) is 0 Å². The lowest BCUT2D eigenvalue weighted by Crippen LogP contribution is -2.24. The van der Waals surface area contributed by atoms with Crippen LogP contribution in [-0.4, -0.2) is 8.42 Å². The van der Waals surface area contributed by atoms with Crippen molar-refractivity contribution in [2.45, 2.75) is 30.7 Å². The Bertz CT molecular complexity index is 763. The number of thiophene rings is 1. The van der Waals surface area contributed by atoms with Gasteiger partial charge in [0, 0.05) is 16.3 Å². The fourth-order valence-electron chi connectivity index (χ4n) is 2.46. The van der Waals surface area contributed by atoms with Gasteiger partial charge in [-0.25, -0.2) is 17.5 Å². The number of halogens is 1. The van der Waals surface area contributed by atoms with E-state index in [1.54, 1.807) is 11.3 Å². The average Bonchev–Trinajstić information content (AvgIpc) is 3.00. The lowest BCUT2D eigenvalue weighted by molar-refractivity contribution is 0.578. The minimum Gasteiger partial charge on any atom is -0.398 e. The molecule has 0 fully saturated rings. The number of nitrogens with one attached hydrogen (secondary N) is 1. The highest BCUT2D eigenvalue weighted by Gasteiger charge is 2.20. The molecule has 1 aromatic carbocycles. The third kappa shape index (κ3) is 2.95. The van der Waals surface area contributed by atoms with Crippen LogP contribution in [0.3, 0.4) is 0 Å². The van der Waals surface area contributed by atoms with Crippen LogP contribution in [0.25, 0.3) is 0 Å². The molecule has 0 aliphatic heterocycles. The van der Waals surface area contributed by atoms with E-state index in [9.17, 15) is 12.8 Å². The van der Waals surface area contributed by atoms with Crippen LogP contribution in [0.2, 0.25) is 0 Å². The van der Waals surface area contributed by atoms with Gasteiger partial charge in [0.25, 0.3) is 0 Å². The molecule has 0 amide bonds. The number of sulfonamides is 1. The predicted octanol–water partition coefficient (Wildman–Crippen LogP) is 2.44. The molecular weight excluding hydrogens is 311 g/mol. The molecule has 7 heteroatoms. The van der Waals surface area contributed by atoms with E-state index in [1.807, 2.05) is 6.07 Å². The predicted molar refractivity (Wildman–Crippen MR) is 81.2 cm³/mol. The van der Waals surface area contributed by atoms with Gasteiger partial charge in [-0.3, -0.25) is 0 Å². The Labute approximate surface area is 126 Å². The van der Waals surface area contributed by atoms with Gasteiger partial charge < -0.3 is 5.73 Å². The Hall–Kier alpha value is -1.44. The van der Waals surface area contributed by atoms with Crippen LogP contribution in [-0.2, 0) is 29.4 Å². The Morgan fingerprint density at radius 1 is 1.29 bits per heavy atom. The maximum atomic E-state index is 13.2. The second-order valence-corrected chi connectivity index (χ2v) is 7.98. The first-order valence-corrected chi connectivity index (χ1v) is 8.91. The molecular formula is C14H15FN2O2S2. The fourth-order valence-corrected chi connectivity index (χ4v) is 4.90. The Kier molecular flexibility index (Phi) is 3.73. The summed E-state index contributed by atoms with van der Waals surface area (Å²) in [5.74, 6) is -0.625. The van der Waals surface area contributed by atoms with Crippen molar-refractivity contribution in [1.82, 2.24) is 4.72 Å². The summed E-state index contributed by atoms with van der Waals surface area (Å²) in [5, 5.41) is 0. The topological polar surface area (TPSA) is 72.2 Å². The number of fused-ring (bicyclic) bond motifs is 1. The first kappa shape index (κ1) is 14.5. The highest BCUT2D eigenvalue weighted by molar-refractivity contribution is 7.89. The normalized spacial score (nSPS) is 14.3. The fraction of sp³-hybridized carbons (Fsp3) is 0.286. The zero-order valence-electron chi connectivity index (χ0n) is 11.2. The van der Waals surface area contributed by atoms with Crippen LogP contribution in [0.1, 0.15) is 21.7 Å². The Balaban J connectivity index is 1.78. The number of anilines is 1. The van der Waals surface area contributed by atoms with Gasteiger partial charge in [-0.05, 0) is 49.1 Å². The third-order valence-corrected chi connectivity index (χ3v) is 6.19. The highest BCUT2D eigenvalue weighted by atomic mass is 32.2. The number of hydrogen-bond donors (Lipinski definition) is 2. The number of aryl methyl sites for hydroxylation is 2. The van der Waals surface area contributed by atoms with E-state index in [-0.39, 0.29) is 17.1 Å². The van der Waals surface area contributed by atoms with E-state index in [4.69, 9.17) is 5.73 Å². The summed E-state index contributed by atoms with van der Waals surface area (Å²) in [6.45, 7) is 0.204. The van der Waals surface area contributed by atoms with E-state index in [1.165, 1.54) is 22.9 Å². The van der Waals surface area contributed by atoms with Crippen molar-refractivity contribution in [3.05, 3.63) is 45.4 Å². The van der Waals surface area contributed by atoms with Crippen LogP contribution < -0.4 is 10.5 Å². The average molecular weight is 326 g/mol. The van der Waals surface area contributed by atoms with Gasteiger partial charge in [0.2, 0.25) is 10.0 Å². The molecule has 4 nitrogen and oxygen atoms in total. The van der Waals surface area contributed by atoms with Crippen molar-refractivity contribution in [2.24, 2.45) is 0 Å².